The van der Waals surface area contributed by atoms with Crippen molar-refractivity contribution < 1.29 is 9.53 Å². The highest BCUT2D eigenvalue weighted by Crippen LogP contribution is 2.53. The molecule has 1 aliphatic heterocycles. The number of carbonyl (C=O) groups excluding carboxylic acids is 1. The molecule has 2 heteroatoms. The van der Waals surface area contributed by atoms with Crippen molar-refractivity contribution in [2.45, 2.75) is 24.9 Å². The van der Waals surface area contributed by atoms with Crippen LogP contribution in [0.2, 0.25) is 0 Å². The third kappa shape index (κ3) is 0.671. The topological polar surface area (TPSA) is 26.3 Å². The lowest BCUT2D eigenvalue weighted by Crippen LogP contribution is -2.53. The number of rotatable bonds is 0. The Hall–Kier alpha value is -1.31. The fraction of sp³-hybridized carbons (Fsp3) is 0.364. The van der Waals surface area contributed by atoms with E-state index in [0.29, 0.717) is 12.3 Å². The van der Waals surface area contributed by atoms with Gasteiger partial charge < -0.3 is 4.74 Å². The van der Waals surface area contributed by atoms with Gasteiger partial charge in [0.1, 0.15) is 5.75 Å². The zero-order valence-electron chi connectivity index (χ0n) is 7.41. The number of Topliss-reactive ketones (excluding diaryl/α,β-unsaturated/α-hetero) is 1. The molecule has 0 saturated heterocycles. The van der Waals surface area contributed by atoms with Crippen LogP contribution < -0.4 is 4.74 Å². The number of hydrogen-bond donors (Lipinski definition) is 0. The van der Waals surface area contributed by atoms with Crippen molar-refractivity contribution in [3.63, 3.8) is 0 Å². The molecule has 0 radical (unpaired) electrons. The lowest BCUT2D eigenvalue weighted by atomic mass is 9.68. The van der Waals surface area contributed by atoms with Crippen molar-refractivity contribution in [3.05, 3.63) is 29.8 Å². The highest BCUT2D eigenvalue weighted by molar-refractivity contribution is 5.97. The lowest BCUT2D eigenvalue weighted by Gasteiger charge is -2.38. The minimum Gasteiger partial charge on any atom is -0.479 e. The first-order chi connectivity index (χ1) is 6.22. The van der Waals surface area contributed by atoms with Crippen molar-refractivity contribution in [1.29, 1.82) is 0 Å². The van der Waals surface area contributed by atoms with Gasteiger partial charge in [0.2, 0.25) is 0 Å². The van der Waals surface area contributed by atoms with Gasteiger partial charge in [0, 0.05) is 17.9 Å². The summed E-state index contributed by atoms with van der Waals surface area (Å²) in [7, 11) is 0. The molecule has 66 valence electrons. The lowest BCUT2D eigenvalue weighted by molar-refractivity contribution is -0.144. The summed E-state index contributed by atoms with van der Waals surface area (Å²) in [5.74, 6) is 1.42. The molecule has 1 heterocycles. The van der Waals surface area contributed by atoms with Crippen LogP contribution >= 0.6 is 0 Å². The van der Waals surface area contributed by atoms with E-state index in [1.807, 2.05) is 25.1 Å². The van der Waals surface area contributed by atoms with Crippen LogP contribution in [0.5, 0.6) is 5.75 Å². The molecule has 0 aromatic heterocycles. The Morgan fingerprint density at radius 1 is 1.46 bits per heavy atom. The van der Waals surface area contributed by atoms with Gasteiger partial charge in [-0.2, -0.15) is 0 Å². The van der Waals surface area contributed by atoms with Crippen LogP contribution in [0.3, 0.4) is 0 Å². The zero-order chi connectivity index (χ0) is 9.05. The number of para-hydroxylation sites is 1. The van der Waals surface area contributed by atoms with E-state index < -0.39 is 5.60 Å². The van der Waals surface area contributed by atoms with Gasteiger partial charge in [-0.05, 0) is 13.0 Å². The fourth-order valence-electron chi connectivity index (χ4n) is 2.27. The van der Waals surface area contributed by atoms with E-state index in [1.54, 1.807) is 0 Å². The van der Waals surface area contributed by atoms with Crippen molar-refractivity contribution in [2.24, 2.45) is 0 Å². The molecule has 2 unspecified atom stereocenters. The van der Waals surface area contributed by atoms with Crippen molar-refractivity contribution >= 4 is 5.78 Å². The summed E-state index contributed by atoms with van der Waals surface area (Å²) in [6, 6.07) is 7.93. The quantitative estimate of drug-likeness (QED) is 0.600. The summed E-state index contributed by atoms with van der Waals surface area (Å²) < 4.78 is 5.66. The van der Waals surface area contributed by atoms with Crippen molar-refractivity contribution in [3.8, 4) is 5.75 Å². The standard InChI is InChI=1S/C11H10O2/c1-11-8(6-10(11)12)7-4-2-3-5-9(7)13-11/h2-5,8H,6H2,1H3. The summed E-state index contributed by atoms with van der Waals surface area (Å²) in [6.07, 6.45) is 0.646. The Bertz CT molecular complexity index is 397. The van der Waals surface area contributed by atoms with Crippen LogP contribution in [0.25, 0.3) is 0 Å². The average molecular weight is 174 g/mol. The Kier molecular flexibility index (Phi) is 1.07. The average Bonchev–Trinajstić information content (AvgIpc) is 2.37. The number of ether oxygens (including phenoxy) is 1. The number of fused-ring (bicyclic) bond motifs is 3. The van der Waals surface area contributed by atoms with Crippen molar-refractivity contribution in [1.82, 2.24) is 0 Å². The van der Waals surface area contributed by atoms with Crippen LogP contribution in [0, 0.1) is 0 Å². The monoisotopic (exact) mass is 174 g/mol. The Morgan fingerprint density at radius 3 is 3.00 bits per heavy atom. The highest BCUT2D eigenvalue weighted by Gasteiger charge is 2.58. The molecule has 0 amide bonds. The second-order valence-electron chi connectivity index (χ2n) is 3.93. The van der Waals surface area contributed by atoms with E-state index in [4.69, 9.17) is 4.74 Å². The zero-order valence-corrected chi connectivity index (χ0v) is 7.41. The van der Waals surface area contributed by atoms with Gasteiger partial charge >= 0.3 is 0 Å². The maximum Gasteiger partial charge on any atom is 0.177 e. The van der Waals surface area contributed by atoms with Gasteiger partial charge in [0.05, 0.1) is 0 Å². The molecule has 1 fully saturated rings. The molecule has 0 N–H and O–H groups in total. The van der Waals surface area contributed by atoms with Crippen LogP contribution in [-0.4, -0.2) is 11.4 Å². The first kappa shape index (κ1) is 7.13. The number of hydrogen-bond acceptors (Lipinski definition) is 2. The molecule has 1 aromatic carbocycles. The molecular formula is C11H10O2. The molecule has 0 bridgehead atoms. The molecule has 3 rings (SSSR count). The SMILES string of the molecule is CC12Oc3ccccc3C1CC2=O. The van der Waals surface area contributed by atoms with Gasteiger partial charge in [0.15, 0.2) is 11.4 Å². The van der Waals surface area contributed by atoms with Gasteiger partial charge in [-0.3, -0.25) is 4.79 Å². The largest absolute Gasteiger partial charge is 0.479 e. The first-order valence-corrected chi connectivity index (χ1v) is 4.53. The minimum absolute atomic E-state index is 0.230. The number of benzene rings is 1. The summed E-state index contributed by atoms with van der Waals surface area (Å²) >= 11 is 0. The van der Waals surface area contributed by atoms with E-state index in [0.717, 1.165) is 5.75 Å². The Balaban J connectivity index is 2.14. The summed E-state index contributed by atoms with van der Waals surface area (Å²) in [5.41, 5.74) is 0.661. The maximum atomic E-state index is 11.4. The van der Waals surface area contributed by atoms with E-state index in [-0.39, 0.29) is 5.78 Å². The van der Waals surface area contributed by atoms with Crippen LogP contribution in [0.4, 0.5) is 0 Å². The normalized spacial score (nSPS) is 34.5. The van der Waals surface area contributed by atoms with Gasteiger partial charge in [-0.1, -0.05) is 18.2 Å². The molecule has 1 saturated carbocycles. The Morgan fingerprint density at radius 2 is 2.23 bits per heavy atom. The molecule has 1 aromatic rings. The van der Waals surface area contributed by atoms with Crippen molar-refractivity contribution in [2.75, 3.05) is 0 Å². The van der Waals surface area contributed by atoms with Gasteiger partial charge in [-0.15, -0.1) is 0 Å². The van der Waals surface area contributed by atoms with E-state index in [9.17, 15) is 4.79 Å². The summed E-state index contributed by atoms with van der Waals surface area (Å²) in [6.45, 7) is 1.89. The van der Waals surface area contributed by atoms with Gasteiger partial charge in [0.25, 0.3) is 0 Å². The van der Waals surface area contributed by atoms with Crippen LogP contribution in [0.15, 0.2) is 24.3 Å². The minimum atomic E-state index is -0.538. The Labute approximate surface area is 76.5 Å². The molecular weight excluding hydrogens is 164 g/mol. The smallest absolute Gasteiger partial charge is 0.177 e. The molecule has 2 atom stereocenters. The highest BCUT2D eigenvalue weighted by atomic mass is 16.5. The first-order valence-electron chi connectivity index (χ1n) is 4.53. The second-order valence-corrected chi connectivity index (χ2v) is 3.93. The third-order valence-corrected chi connectivity index (χ3v) is 3.22. The van der Waals surface area contributed by atoms with Crippen LogP contribution in [-0.2, 0) is 4.79 Å². The maximum absolute atomic E-state index is 11.4. The van der Waals surface area contributed by atoms with Gasteiger partial charge in [-0.25, -0.2) is 0 Å². The molecule has 2 aliphatic rings. The molecule has 1 aliphatic carbocycles. The summed E-state index contributed by atoms with van der Waals surface area (Å²) in [4.78, 5) is 11.4. The fourth-order valence-corrected chi connectivity index (χ4v) is 2.27. The molecule has 0 spiro atoms. The second kappa shape index (κ2) is 1.95. The van der Waals surface area contributed by atoms with Crippen LogP contribution in [0.1, 0.15) is 24.8 Å². The van der Waals surface area contributed by atoms with E-state index in [2.05, 4.69) is 6.07 Å². The number of ketones is 1. The molecule has 13 heavy (non-hydrogen) atoms. The molecule has 2 nitrogen and oxygen atoms in total. The summed E-state index contributed by atoms with van der Waals surface area (Å²) in [5, 5.41) is 0. The third-order valence-electron chi connectivity index (χ3n) is 3.22. The number of carbonyl (C=O) groups is 1. The van der Waals surface area contributed by atoms with E-state index in [1.165, 1.54) is 5.56 Å². The predicted octanol–water partition coefficient (Wildman–Crippen LogP) is 1.89. The van der Waals surface area contributed by atoms with E-state index >= 15 is 0 Å². The predicted molar refractivity (Wildman–Crippen MR) is 47.8 cm³/mol.